The SMILES string of the molecule is CCCCC(C)=O.CCOC(C)=O. The highest BCUT2D eigenvalue weighted by atomic mass is 16.5. The van der Waals surface area contributed by atoms with E-state index in [-0.39, 0.29) is 5.97 Å². The lowest BCUT2D eigenvalue weighted by molar-refractivity contribution is -0.140. The van der Waals surface area contributed by atoms with Gasteiger partial charge in [-0.2, -0.15) is 0 Å². The quantitative estimate of drug-likeness (QED) is 0.636. The van der Waals surface area contributed by atoms with E-state index in [1.54, 1.807) is 13.8 Å². The molecule has 78 valence electrons. The maximum Gasteiger partial charge on any atom is 0.302 e. The van der Waals surface area contributed by atoms with Crippen LogP contribution < -0.4 is 0 Å². The summed E-state index contributed by atoms with van der Waals surface area (Å²) >= 11 is 0. The Morgan fingerprint density at radius 2 is 1.69 bits per heavy atom. The predicted octanol–water partition coefficient (Wildman–Crippen LogP) is 2.33. The summed E-state index contributed by atoms with van der Waals surface area (Å²) in [5.41, 5.74) is 0. The third-order valence-corrected chi connectivity index (χ3v) is 1.23. The second-order valence-electron chi connectivity index (χ2n) is 2.73. The van der Waals surface area contributed by atoms with E-state index in [9.17, 15) is 9.59 Å². The summed E-state index contributed by atoms with van der Waals surface area (Å²) < 4.78 is 4.40. The molecule has 0 fully saturated rings. The highest BCUT2D eigenvalue weighted by Gasteiger charge is 1.87. The molecule has 0 radical (unpaired) electrons. The number of carbonyl (C=O) groups excluding carboxylic acids is 2. The molecule has 0 atom stereocenters. The molecule has 0 rings (SSSR count). The Morgan fingerprint density at radius 1 is 1.15 bits per heavy atom. The van der Waals surface area contributed by atoms with Crippen LogP contribution in [0.4, 0.5) is 0 Å². The Morgan fingerprint density at radius 3 is 1.77 bits per heavy atom. The molecular weight excluding hydrogens is 168 g/mol. The van der Waals surface area contributed by atoms with Gasteiger partial charge in [-0.25, -0.2) is 0 Å². The van der Waals surface area contributed by atoms with Crippen LogP contribution in [0.5, 0.6) is 0 Å². The summed E-state index contributed by atoms with van der Waals surface area (Å²) in [6.07, 6.45) is 2.94. The van der Waals surface area contributed by atoms with Gasteiger partial charge >= 0.3 is 5.97 Å². The maximum atomic E-state index is 10.2. The standard InChI is InChI=1S/C6H12O.C4H8O2/c1-3-4-5-6(2)7;1-3-6-4(2)5/h3-5H2,1-2H3;3H2,1-2H3. The van der Waals surface area contributed by atoms with E-state index in [1.807, 2.05) is 0 Å². The summed E-state index contributed by atoms with van der Waals surface area (Å²) in [6.45, 7) is 7.37. The van der Waals surface area contributed by atoms with E-state index in [1.165, 1.54) is 6.92 Å². The number of ketones is 1. The van der Waals surface area contributed by atoms with Crippen LogP contribution in [0.1, 0.15) is 47.0 Å². The van der Waals surface area contributed by atoms with Crippen molar-refractivity contribution in [3.8, 4) is 0 Å². The van der Waals surface area contributed by atoms with Gasteiger partial charge in [0.15, 0.2) is 0 Å². The van der Waals surface area contributed by atoms with E-state index in [2.05, 4.69) is 11.7 Å². The van der Waals surface area contributed by atoms with Crippen molar-refractivity contribution in [2.45, 2.75) is 47.0 Å². The fraction of sp³-hybridized carbons (Fsp3) is 0.800. The minimum Gasteiger partial charge on any atom is -0.466 e. The lowest BCUT2D eigenvalue weighted by Gasteiger charge is -1.89. The molecule has 0 aliphatic rings. The third-order valence-electron chi connectivity index (χ3n) is 1.23. The Labute approximate surface area is 80.5 Å². The van der Waals surface area contributed by atoms with Gasteiger partial charge in [0.2, 0.25) is 0 Å². The Kier molecular flexibility index (Phi) is 12.6. The van der Waals surface area contributed by atoms with Gasteiger partial charge in [0.25, 0.3) is 0 Å². The van der Waals surface area contributed by atoms with Crippen LogP contribution in [-0.2, 0) is 14.3 Å². The predicted molar refractivity (Wildman–Crippen MR) is 52.5 cm³/mol. The van der Waals surface area contributed by atoms with Crippen LogP contribution in [0, 0.1) is 0 Å². The van der Waals surface area contributed by atoms with Crippen molar-refractivity contribution in [2.24, 2.45) is 0 Å². The largest absolute Gasteiger partial charge is 0.466 e. The molecular formula is C10H20O3. The van der Waals surface area contributed by atoms with Crippen molar-refractivity contribution >= 4 is 11.8 Å². The van der Waals surface area contributed by atoms with Gasteiger partial charge in [0.1, 0.15) is 5.78 Å². The summed E-state index contributed by atoms with van der Waals surface area (Å²) in [6, 6.07) is 0. The van der Waals surface area contributed by atoms with Crippen LogP contribution in [0.15, 0.2) is 0 Å². The molecule has 0 aromatic heterocycles. The second kappa shape index (κ2) is 11.1. The van der Waals surface area contributed by atoms with Crippen LogP contribution in [0.3, 0.4) is 0 Å². The maximum absolute atomic E-state index is 10.2. The average Bonchev–Trinajstić information content (AvgIpc) is 2.01. The fourth-order valence-electron chi connectivity index (χ4n) is 0.629. The molecule has 0 aliphatic carbocycles. The van der Waals surface area contributed by atoms with Crippen LogP contribution >= 0.6 is 0 Å². The lowest BCUT2D eigenvalue weighted by atomic mass is 10.2. The molecule has 0 unspecified atom stereocenters. The van der Waals surface area contributed by atoms with E-state index >= 15 is 0 Å². The normalized spacial score (nSPS) is 8.31. The van der Waals surface area contributed by atoms with Gasteiger partial charge in [-0.15, -0.1) is 0 Å². The molecule has 3 nitrogen and oxygen atoms in total. The van der Waals surface area contributed by atoms with Crippen molar-refractivity contribution in [3.63, 3.8) is 0 Å². The van der Waals surface area contributed by atoms with Gasteiger partial charge in [-0.3, -0.25) is 4.79 Å². The third kappa shape index (κ3) is 24.7. The number of carbonyl (C=O) groups is 2. The Hall–Kier alpha value is -0.860. The molecule has 0 saturated carbocycles. The number of esters is 1. The molecule has 0 heterocycles. The molecule has 0 aromatic rings. The minimum absolute atomic E-state index is 0.211. The number of hydrogen-bond acceptors (Lipinski definition) is 3. The first-order valence-electron chi connectivity index (χ1n) is 4.67. The topological polar surface area (TPSA) is 43.4 Å². The van der Waals surface area contributed by atoms with E-state index < -0.39 is 0 Å². The zero-order valence-corrected chi connectivity index (χ0v) is 9.05. The molecule has 0 bridgehead atoms. The van der Waals surface area contributed by atoms with E-state index in [0.29, 0.717) is 12.4 Å². The van der Waals surface area contributed by atoms with Gasteiger partial charge in [-0.05, 0) is 20.3 Å². The summed E-state index contributed by atoms with van der Waals surface area (Å²) in [7, 11) is 0. The Bertz CT molecular complexity index is 141. The monoisotopic (exact) mass is 188 g/mol. The molecule has 3 heteroatoms. The van der Waals surface area contributed by atoms with Crippen LogP contribution in [0.25, 0.3) is 0 Å². The second-order valence-corrected chi connectivity index (χ2v) is 2.73. The lowest BCUT2D eigenvalue weighted by Crippen LogP contribution is -1.95. The van der Waals surface area contributed by atoms with Crippen molar-refractivity contribution in [3.05, 3.63) is 0 Å². The zero-order chi connectivity index (χ0) is 10.7. The van der Waals surface area contributed by atoms with Gasteiger partial charge < -0.3 is 9.53 Å². The van der Waals surface area contributed by atoms with E-state index in [4.69, 9.17) is 0 Å². The molecule has 0 amide bonds. The van der Waals surface area contributed by atoms with Crippen molar-refractivity contribution in [1.82, 2.24) is 0 Å². The van der Waals surface area contributed by atoms with Crippen LogP contribution in [0.2, 0.25) is 0 Å². The number of hydrogen-bond donors (Lipinski definition) is 0. The van der Waals surface area contributed by atoms with E-state index in [0.717, 1.165) is 19.3 Å². The van der Waals surface area contributed by atoms with Gasteiger partial charge in [-0.1, -0.05) is 13.3 Å². The fourth-order valence-corrected chi connectivity index (χ4v) is 0.629. The smallest absolute Gasteiger partial charge is 0.302 e. The first-order valence-corrected chi connectivity index (χ1v) is 4.67. The first kappa shape index (κ1) is 14.7. The van der Waals surface area contributed by atoms with Gasteiger partial charge in [0.05, 0.1) is 6.61 Å². The summed E-state index contributed by atoms with van der Waals surface area (Å²) in [4.78, 5) is 20.0. The molecule has 0 saturated heterocycles. The van der Waals surface area contributed by atoms with Crippen molar-refractivity contribution < 1.29 is 14.3 Å². The number of rotatable bonds is 4. The Balaban J connectivity index is 0. The molecule has 0 aromatic carbocycles. The number of Topliss-reactive ketones (excluding diaryl/α,β-unsaturated/α-hetero) is 1. The highest BCUT2D eigenvalue weighted by Crippen LogP contribution is 1.92. The molecule has 0 N–H and O–H groups in total. The number of unbranched alkanes of at least 4 members (excludes halogenated alkanes) is 1. The molecule has 0 spiro atoms. The highest BCUT2D eigenvalue weighted by molar-refractivity contribution is 5.75. The zero-order valence-electron chi connectivity index (χ0n) is 9.05. The molecule has 13 heavy (non-hydrogen) atoms. The molecule has 0 aliphatic heterocycles. The van der Waals surface area contributed by atoms with Crippen LogP contribution in [-0.4, -0.2) is 18.4 Å². The summed E-state index contributed by atoms with van der Waals surface area (Å²) in [5.74, 6) is 0.0966. The van der Waals surface area contributed by atoms with Crippen molar-refractivity contribution in [1.29, 1.82) is 0 Å². The summed E-state index contributed by atoms with van der Waals surface area (Å²) in [5, 5.41) is 0. The number of ether oxygens (including phenoxy) is 1. The average molecular weight is 188 g/mol. The first-order chi connectivity index (χ1) is 6.04. The van der Waals surface area contributed by atoms with Gasteiger partial charge in [0, 0.05) is 13.3 Å². The van der Waals surface area contributed by atoms with Crippen molar-refractivity contribution in [2.75, 3.05) is 6.61 Å². The minimum atomic E-state index is -0.211.